The second-order valence-electron chi connectivity index (χ2n) is 5.95. The molecule has 0 aliphatic carbocycles. The van der Waals surface area contributed by atoms with Gasteiger partial charge in [-0.1, -0.05) is 0 Å². The number of carbonyl (C=O) groups excluding carboxylic acids is 2. The highest BCUT2D eigenvalue weighted by Crippen LogP contribution is 2.23. The molecule has 0 radical (unpaired) electrons. The van der Waals surface area contributed by atoms with E-state index < -0.39 is 0 Å². The Hall–Kier alpha value is -2.64. The van der Waals surface area contributed by atoms with Gasteiger partial charge in [-0.15, -0.1) is 10.2 Å². The number of primary amides is 1. The van der Waals surface area contributed by atoms with Crippen molar-refractivity contribution >= 4 is 11.8 Å². The average molecular weight is 332 g/mol. The van der Waals surface area contributed by atoms with Crippen molar-refractivity contribution < 1.29 is 18.4 Å². The number of hydrogen-bond donors (Lipinski definition) is 1. The topological polar surface area (TPSA) is 115 Å². The van der Waals surface area contributed by atoms with Crippen LogP contribution in [0.2, 0.25) is 0 Å². The van der Waals surface area contributed by atoms with Crippen LogP contribution in [0.25, 0.3) is 11.5 Å². The molecule has 0 unspecified atom stereocenters. The molecule has 0 aromatic carbocycles. The number of amides is 2. The Morgan fingerprint density at radius 1 is 1.33 bits per heavy atom. The molecular weight excluding hydrogens is 312 g/mol. The van der Waals surface area contributed by atoms with Crippen molar-refractivity contribution in [1.29, 1.82) is 0 Å². The molecule has 128 valence electrons. The Morgan fingerprint density at radius 3 is 2.71 bits per heavy atom. The molecule has 3 heterocycles. The van der Waals surface area contributed by atoms with Crippen LogP contribution in [0.5, 0.6) is 0 Å². The van der Waals surface area contributed by atoms with Crippen molar-refractivity contribution in [3.05, 3.63) is 24.0 Å². The van der Waals surface area contributed by atoms with Crippen LogP contribution >= 0.6 is 0 Å². The molecule has 0 saturated carbocycles. The van der Waals surface area contributed by atoms with Gasteiger partial charge < -0.3 is 19.5 Å². The van der Waals surface area contributed by atoms with E-state index >= 15 is 0 Å². The zero-order valence-corrected chi connectivity index (χ0v) is 13.5. The lowest BCUT2D eigenvalue weighted by molar-refractivity contribution is -0.134. The summed E-state index contributed by atoms with van der Waals surface area (Å²) in [6.45, 7) is 2.95. The normalized spacial score (nSPS) is 15.6. The summed E-state index contributed by atoms with van der Waals surface area (Å²) in [7, 11) is 0. The minimum Gasteiger partial charge on any atom is -0.469 e. The summed E-state index contributed by atoms with van der Waals surface area (Å²) in [4.78, 5) is 25.2. The van der Waals surface area contributed by atoms with Gasteiger partial charge in [0.05, 0.1) is 11.8 Å². The summed E-state index contributed by atoms with van der Waals surface area (Å²) in [5.74, 6) is 1.15. The van der Waals surface area contributed by atoms with Gasteiger partial charge in [0.25, 0.3) is 5.89 Å². The first-order valence-electron chi connectivity index (χ1n) is 7.98. The Bertz CT molecular complexity index is 728. The number of aryl methyl sites for hydroxylation is 2. The van der Waals surface area contributed by atoms with Crippen LogP contribution in [0.4, 0.5) is 0 Å². The van der Waals surface area contributed by atoms with Crippen molar-refractivity contribution in [2.75, 3.05) is 13.1 Å². The van der Waals surface area contributed by atoms with Gasteiger partial charge in [0.15, 0.2) is 0 Å². The Balaban J connectivity index is 1.51. The largest absolute Gasteiger partial charge is 0.469 e. The highest BCUT2D eigenvalue weighted by molar-refractivity contribution is 5.78. The summed E-state index contributed by atoms with van der Waals surface area (Å²) >= 11 is 0. The van der Waals surface area contributed by atoms with Crippen molar-refractivity contribution in [3.8, 4) is 11.5 Å². The maximum atomic E-state index is 12.2. The number of nitrogens with two attached hydrogens (primary N) is 1. The van der Waals surface area contributed by atoms with Crippen LogP contribution in [0.15, 0.2) is 21.2 Å². The zero-order valence-electron chi connectivity index (χ0n) is 13.5. The fraction of sp³-hybridized carbons (Fsp3) is 0.500. The van der Waals surface area contributed by atoms with Gasteiger partial charge in [-0.3, -0.25) is 9.59 Å². The van der Waals surface area contributed by atoms with E-state index in [4.69, 9.17) is 14.6 Å². The summed E-state index contributed by atoms with van der Waals surface area (Å²) in [6.07, 6.45) is 3.51. The second-order valence-corrected chi connectivity index (χ2v) is 5.95. The first kappa shape index (κ1) is 16.2. The smallest absolute Gasteiger partial charge is 0.251 e. The third-order valence-corrected chi connectivity index (χ3v) is 4.36. The third-order valence-electron chi connectivity index (χ3n) is 4.36. The molecule has 1 aliphatic rings. The molecule has 1 fully saturated rings. The highest BCUT2D eigenvalue weighted by atomic mass is 16.4. The number of furan rings is 1. The number of nitrogens with zero attached hydrogens (tertiary/aromatic N) is 3. The van der Waals surface area contributed by atoms with Crippen molar-refractivity contribution in [3.63, 3.8) is 0 Å². The fourth-order valence-electron chi connectivity index (χ4n) is 2.86. The van der Waals surface area contributed by atoms with Crippen molar-refractivity contribution in [2.45, 2.75) is 32.6 Å². The monoisotopic (exact) mass is 332 g/mol. The van der Waals surface area contributed by atoms with Crippen molar-refractivity contribution in [2.24, 2.45) is 11.7 Å². The lowest BCUT2D eigenvalue weighted by Gasteiger charge is -2.30. The average Bonchev–Trinajstić information content (AvgIpc) is 3.21. The number of piperidine rings is 1. The van der Waals surface area contributed by atoms with E-state index in [1.54, 1.807) is 17.2 Å². The Kier molecular flexibility index (Phi) is 4.64. The molecular formula is C16H20N4O4. The van der Waals surface area contributed by atoms with Gasteiger partial charge in [-0.05, 0) is 25.8 Å². The molecule has 3 rings (SSSR count). The van der Waals surface area contributed by atoms with Crippen LogP contribution in [0, 0.1) is 12.8 Å². The van der Waals surface area contributed by atoms with E-state index in [0.29, 0.717) is 56.3 Å². The van der Waals surface area contributed by atoms with Crippen LogP contribution in [-0.4, -0.2) is 40.0 Å². The van der Waals surface area contributed by atoms with Crippen LogP contribution in [-0.2, 0) is 16.0 Å². The number of rotatable bonds is 5. The van der Waals surface area contributed by atoms with Crippen LogP contribution < -0.4 is 5.73 Å². The van der Waals surface area contributed by atoms with Gasteiger partial charge in [-0.25, -0.2) is 0 Å². The number of likely N-dealkylation sites (tertiary alicyclic amines) is 1. The third kappa shape index (κ3) is 3.47. The maximum absolute atomic E-state index is 12.2. The second kappa shape index (κ2) is 6.86. The Morgan fingerprint density at radius 2 is 2.08 bits per heavy atom. The van der Waals surface area contributed by atoms with Crippen molar-refractivity contribution in [1.82, 2.24) is 15.1 Å². The summed E-state index contributed by atoms with van der Waals surface area (Å²) < 4.78 is 10.8. The molecule has 2 aromatic heterocycles. The molecule has 8 heteroatoms. The minimum atomic E-state index is -0.282. The van der Waals surface area contributed by atoms with Gasteiger partial charge in [0.1, 0.15) is 5.76 Å². The first-order valence-corrected chi connectivity index (χ1v) is 7.98. The van der Waals surface area contributed by atoms with E-state index in [9.17, 15) is 9.59 Å². The predicted octanol–water partition coefficient (Wildman–Crippen LogP) is 1.29. The highest BCUT2D eigenvalue weighted by Gasteiger charge is 2.26. The van der Waals surface area contributed by atoms with Gasteiger partial charge in [0.2, 0.25) is 17.7 Å². The predicted molar refractivity (Wildman–Crippen MR) is 83.6 cm³/mol. The van der Waals surface area contributed by atoms with Crippen LogP contribution in [0.3, 0.4) is 0 Å². The maximum Gasteiger partial charge on any atom is 0.251 e. The molecule has 0 spiro atoms. The van der Waals surface area contributed by atoms with E-state index in [-0.39, 0.29) is 17.7 Å². The SMILES string of the molecule is Cc1occc1-c1nnc(CCC(=O)N2CCC(C(N)=O)CC2)o1. The van der Waals surface area contributed by atoms with Gasteiger partial charge >= 0.3 is 0 Å². The quantitative estimate of drug-likeness (QED) is 0.882. The lowest BCUT2D eigenvalue weighted by Crippen LogP contribution is -2.41. The van der Waals surface area contributed by atoms with E-state index in [1.807, 2.05) is 6.92 Å². The molecule has 0 atom stereocenters. The lowest BCUT2D eigenvalue weighted by atomic mass is 9.96. The van der Waals surface area contributed by atoms with E-state index in [0.717, 1.165) is 5.56 Å². The fourth-order valence-corrected chi connectivity index (χ4v) is 2.86. The molecule has 24 heavy (non-hydrogen) atoms. The summed E-state index contributed by atoms with van der Waals surface area (Å²) in [6, 6.07) is 1.76. The zero-order chi connectivity index (χ0) is 17.1. The van der Waals surface area contributed by atoms with E-state index in [2.05, 4.69) is 10.2 Å². The molecule has 1 saturated heterocycles. The number of carbonyl (C=O) groups is 2. The van der Waals surface area contributed by atoms with Gasteiger partial charge in [-0.2, -0.15) is 0 Å². The van der Waals surface area contributed by atoms with Crippen LogP contribution in [0.1, 0.15) is 30.9 Å². The molecule has 1 aliphatic heterocycles. The summed E-state index contributed by atoms with van der Waals surface area (Å²) in [5.41, 5.74) is 6.06. The number of hydrogen-bond acceptors (Lipinski definition) is 6. The minimum absolute atomic E-state index is 0.0252. The number of aromatic nitrogens is 2. The molecule has 2 N–H and O–H groups in total. The molecule has 2 amide bonds. The first-order chi connectivity index (χ1) is 11.5. The summed E-state index contributed by atoms with van der Waals surface area (Å²) in [5, 5.41) is 7.96. The molecule has 2 aromatic rings. The molecule has 0 bridgehead atoms. The van der Waals surface area contributed by atoms with Gasteiger partial charge in [0, 0.05) is 31.8 Å². The molecule has 8 nitrogen and oxygen atoms in total. The van der Waals surface area contributed by atoms with E-state index in [1.165, 1.54) is 0 Å². The Labute approximate surface area is 139 Å². The standard InChI is InChI=1S/C16H20N4O4/c1-10-12(6-9-23-10)16-19-18-13(24-16)2-3-14(21)20-7-4-11(5-8-20)15(17)22/h6,9,11H,2-5,7-8H2,1H3,(H2,17,22).